The van der Waals surface area contributed by atoms with E-state index >= 15 is 0 Å². The van der Waals surface area contributed by atoms with Crippen molar-refractivity contribution in [3.8, 4) is 18.1 Å². The van der Waals surface area contributed by atoms with Gasteiger partial charge in [0.05, 0.1) is 7.11 Å². The van der Waals surface area contributed by atoms with E-state index in [1.165, 1.54) is 12.5 Å². The van der Waals surface area contributed by atoms with Crippen molar-refractivity contribution in [3.63, 3.8) is 0 Å². The van der Waals surface area contributed by atoms with Crippen LogP contribution >= 0.6 is 0 Å². The third-order valence-electron chi connectivity index (χ3n) is 10.5. The van der Waals surface area contributed by atoms with Crippen molar-refractivity contribution in [1.29, 1.82) is 0 Å². The summed E-state index contributed by atoms with van der Waals surface area (Å²) in [5.74, 6) is 0.676. The standard InChI is InChI=1S/C35H42O12/c1-8-35(47-21(5)39)16-14-27-26-11-9-22-17-23(10-12-24(22)25(26)13-15-34(27,35)6)45-33-31(44-20(4)38)29(43-19(3)37)28(42-18(2)36)30(46-33)32(40)41-7/h1,10,12,17,25-31,33H,9,11,13-16H2,2-7H3/t25-,26+,27+,28-,29-,30-,31+,33+,34-,35-/m0/s1. The zero-order valence-corrected chi connectivity index (χ0v) is 27.6. The van der Waals surface area contributed by atoms with E-state index in [1.807, 2.05) is 12.1 Å². The molecule has 5 rings (SSSR count). The highest BCUT2D eigenvalue weighted by atomic mass is 16.7. The number of ether oxygens (including phenoxy) is 7. The first kappa shape index (κ1) is 34.2. The largest absolute Gasteiger partial charge is 0.467 e. The molecule has 1 aromatic rings. The summed E-state index contributed by atoms with van der Waals surface area (Å²) < 4.78 is 39.1. The van der Waals surface area contributed by atoms with Crippen LogP contribution in [0, 0.1) is 29.6 Å². The average molecular weight is 655 g/mol. The highest BCUT2D eigenvalue weighted by molar-refractivity contribution is 5.77. The van der Waals surface area contributed by atoms with Gasteiger partial charge in [0.1, 0.15) is 5.75 Å². The number of benzene rings is 1. The zero-order valence-electron chi connectivity index (χ0n) is 27.6. The van der Waals surface area contributed by atoms with E-state index in [0.29, 0.717) is 24.0 Å². The third-order valence-corrected chi connectivity index (χ3v) is 10.5. The number of fused-ring (bicyclic) bond motifs is 5. The van der Waals surface area contributed by atoms with Crippen LogP contribution in [0.5, 0.6) is 5.75 Å². The Labute approximate surface area is 274 Å². The van der Waals surface area contributed by atoms with Crippen molar-refractivity contribution in [2.24, 2.45) is 17.3 Å². The minimum atomic E-state index is -1.55. The molecule has 47 heavy (non-hydrogen) atoms. The molecule has 3 aliphatic carbocycles. The molecule has 0 unspecified atom stereocenters. The van der Waals surface area contributed by atoms with Crippen LogP contribution in [-0.4, -0.2) is 73.3 Å². The predicted octanol–water partition coefficient (Wildman–Crippen LogP) is 3.55. The second kappa shape index (κ2) is 13.2. The minimum Gasteiger partial charge on any atom is -0.467 e. The molecule has 12 heteroatoms. The van der Waals surface area contributed by atoms with E-state index < -0.39 is 60.2 Å². The fourth-order valence-electron chi connectivity index (χ4n) is 8.62. The lowest BCUT2D eigenvalue weighted by atomic mass is 9.53. The number of hydrogen-bond acceptors (Lipinski definition) is 12. The van der Waals surface area contributed by atoms with Gasteiger partial charge in [-0.2, -0.15) is 0 Å². The normalized spacial score (nSPS) is 35.4. The minimum absolute atomic E-state index is 0.290. The van der Waals surface area contributed by atoms with Gasteiger partial charge in [-0.3, -0.25) is 19.2 Å². The SMILES string of the molecule is C#C[C@]1(OC(C)=O)CC[C@@H]2[C@@H]3CCc4cc(O[C@@H]5O[C@H](C(=O)OC)[C@@H](OC(C)=O)[C@H](OC(C)=O)[C@H]5OC(C)=O)ccc4[C@@H]3CC[C@@]21C. The molecular weight excluding hydrogens is 612 g/mol. The summed E-state index contributed by atoms with van der Waals surface area (Å²) in [7, 11) is 1.13. The molecule has 12 nitrogen and oxygen atoms in total. The third kappa shape index (κ3) is 6.30. The maximum atomic E-state index is 12.8. The van der Waals surface area contributed by atoms with Crippen molar-refractivity contribution in [3.05, 3.63) is 29.3 Å². The molecule has 3 fully saturated rings. The molecule has 0 amide bonds. The molecule has 254 valence electrons. The summed E-state index contributed by atoms with van der Waals surface area (Å²) in [6.07, 6.45) is 3.68. The topological polar surface area (TPSA) is 150 Å². The lowest BCUT2D eigenvalue weighted by molar-refractivity contribution is -0.282. The fourth-order valence-corrected chi connectivity index (χ4v) is 8.62. The van der Waals surface area contributed by atoms with Crippen LogP contribution in [0.4, 0.5) is 0 Å². The predicted molar refractivity (Wildman–Crippen MR) is 162 cm³/mol. The number of carbonyl (C=O) groups excluding carboxylic acids is 5. The van der Waals surface area contributed by atoms with Gasteiger partial charge in [-0.05, 0) is 79.5 Å². The summed E-state index contributed by atoms with van der Waals surface area (Å²) in [5, 5.41) is 0. The molecule has 1 aromatic carbocycles. The lowest BCUT2D eigenvalue weighted by Gasteiger charge is -2.52. The van der Waals surface area contributed by atoms with Gasteiger partial charge in [0, 0.05) is 33.1 Å². The number of methoxy groups -OCH3 is 1. The van der Waals surface area contributed by atoms with Crippen LogP contribution < -0.4 is 4.74 Å². The Hall–Kier alpha value is -4.11. The maximum Gasteiger partial charge on any atom is 0.339 e. The van der Waals surface area contributed by atoms with Crippen molar-refractivity contribution >= 4 is 29.8 Å². The number of rotatable bonds is 7. The lowest BCUT2D eigenvalue weighted by Crippen LogP contribution is -2.64. The Morgan fingerprint density at radius 1 is 0.872 bits per heavy atom. The Bertz CT molecular complexity index is 1480. The van der Waals surface area contributed by atoms with Crippen molar-refractivity contribution < 1.29 is 57.1 Å². The van der Waals surface area contributed by atoms with Gasteiger partial charge in [-0.1, -0.05) is 18.9 Å². The Morgan fingerprint density at radius 3 is 2.15 bits per heavy atom. The van der Waals surface area contributed by atoms with E-state index in [4.69, 9.17) is 39.6 Å². The quantitative estimate of drug-likeness (QED) is 0.240. The van der Waals surface area contributed by atoms with Gasteiger partial charge in [-0.15, -0.1) is 6.42 Å². The maximum absolute atomic E-state index is 12.8. The zero-order chi connectivity index (χ0) is 34.3. The monoisotopic (exact) mass is 654 g/mol. The molecule has 0 spiro atoms. The van der Waals surface area contributed by atoms with Crippen LogP contribution in [0.25, 0.3) is 0 Å². The van der Waals surface area contributed by atoms with Gasteiger partial charge >= 0.3 is 29.8 Å². The van der Waals surface area contributed by atoms with Gasteiger partial charge in [0.2, 0.25) is 12.4 Å². The Kier molecular flexibility index (Phi) is 9.60. The summed E-state index contributed by atoms with van der Waals surface area (Å²) in [6, 6.07) is 5.71. The fraction of sp³-hybridized carbons (Fsp3) is 0.629. The smallest absolute Gasteiger partial charge is 0.339 e. The van der Waals surface area contributed by atoms with Crippen molar-refractivity contribution in [2.45, 2.75) is 115 Å². The first-order chi connectivity index (χ1) is 22.2. The van der Waals surface area contributed by atoms with Crippen LogP contribution in [-0.2, 0) is 58.8 Å². The van der Waals surface area contributed by atoms with E-state index in [0.717, 1.165) is 65.5 Å². The molecule has 0 bridgehead atoms. The van der Waals surface area contributed by atoms with Crippen LogP contribution in [0.2, 0.25) is 0 Å². The Morgan fingerprint density at radius 2 is 1.53 bits per heavy atom. The van der Waals surface area contributed by atoms with Crippen LogP contribution in [0.1, 0.15) is 83.8 Å². The second-order valence-corrected chi connectivity index (χ2v) is 13.1. The second-order valence-electron chi connectivity index (χ2n) is 13.1. The van der Waals surface area contributed by atoms with Gasteiger partial charge in [-0.25, -0.2) is 4.79 Å². The summed E-state index contributed by atoms with van der Waals surface area (Å²) in [4.78, 5) is 61.1. The Balaban J connectivity index is 1.42. The molecule has 0 N–H and O–H groups in total. The first-order valence-electron chi connectivity index (χ1n) is 16.0. The highest BCUT2D eigenvalue weighted by Crippen LogP contribution is 2.65. The van der Waals surface area contributed by atoms with Crippen LogP contribution in [0.3, 0.4) is 0 Å². The molecule has 1 saturated heterocycles. The number of hydrogen-bond donors (Lipinski definition) is 0. The molecule has 2 saturated carbocycles. The van der Waals surface area contributed by atoms with Crippen LogP contribution in [0.15, 0.2) is 18.2 Å². The summed E-state index contributed by atoms with van der Waals surface area (Å²) in [6.45, 7) is 6.99. The number of aryl methyl sites for hydroxylation is 1. The van der Waals surface area contributed by atoms with E-state index in [9.17, 15) is 24.0 Å². The van der Waals surface area contributed by atoms with E-state index in [-0.39, 0.29) is 17.3 Å². The van der Waals surface area contributed by atoms with Crippen molar-refractivity contribution in [1.82, 2.24) is 0 Å². The molecule has 10 atom stereocenters. The average Bonchev–Trinajstić information content (AvgIpc) is 3.30. The van der Waals surface area contributed by atoms with Crippen molar-refractivity contribution in [2.75, 3.05) is 7.11 Å². The van der Waals surface area contributed by atoms with Gasteiger partial charge < -0.3 is 33.2 Å². The highest BCUT2D eigenvalue weighted by Gasteiger charge is 2.63. The van der Waals surface area contributed by atoms with E-state index in [1.54, 1.807) is 6.07 Å². The molecule has 0 radical (unpaired) electrons. The molecule has 4 aliphatic rings. The summed E-state index contributed by atoms with van der Waals surface area (Å²) in [5.41, 5.74) is 1.10. The van der Waals surface area contributed by atoms with E-state index in [2.05, 4.69) is 12.8 Å². The van der Waals surface area contributed by atoms with Gasteiger partial charge in [0.15, 0.2) is 23.9 Å². The summed E-state index contributed by atoms with van der Waals surface area (Å²) >= 11 is 0. The van der Waals surface area contributed by atoms with Gasteiger partial charge in [0.25, 0.3) is 0 Å². The number of esters is 5. The first-order valence-corrected chi connectivity index (χ1v) is 16.0. The number of terminal acetylenes is 1. The molecule has 1 aliphatic heterocycles. The molecule has 1 heterocycles. The molecule has 0 aromatic heterocycles. The molecular formula is C35H42O12. The number of carbonyl (C=O) groups is 5.